The molecule has 0 bridgehead atoms. The SMILES string of the molecule is O=C(CCN1C(=O)c2ccccc2C1=O)OCc1cccc(Cl)c1. The number of imide groups is 1. The summed E-state index contributed by atoms with van der Waals surface area (Å²) in [5.41, 5.74) is 1.51. The molecule has 0 aromatic heterocycles. The van der Waals surface area contributed by atoms with Gasteiger partial charge in [0.25, 0.3) is 11.8 Å². The van der Waals surface area contributed by atoms with Crippen molar-refractivity contribution < 1.29 is 19.1 Å². The van der Waals surface area contributed by atoms with E-state index in [1.807, 2.05) is 0 Å². The molecule has 6 heteroatoms. The highest BCUT2D eigenvalue weighted by Crippen LogP contribution is 2.22. The molecule has 0 saturated heterocycles. The summed E-state index contributed by atoms with van der Waals surface area (Å²) in [5.74, 6) is -1.23. The number of amides is 2. The zero-order chi connectivity index (χ0) is 17.1. The Bertz CT molecular complexity index is 783. The van der Waals surface area contributed by atoms with Crippen LogP contribution in [0, 0.1) is 0 Å². The van der Waals surface area contributed by atoms with Crippen molar-refractivity contribution in [2.75, 3.05) is 6.54 Å². The molecule has 122 valence electrons. The minimum atomic E-state index is -0.480. The molecule has 0 spiro atoms. The number of rotatable bonds is 5. The maximum Gasteiger partial charge on any atom is 0.307 e. The molecule has 5 nitrogen and oxygen atoms in total. The number of halogens is 1. The number of hydrogen-bond donors (Lipinski definition) is 0. The molecule has 2 aromatic rings. The van der Waals surface area contributed by atoms with E-state index in [9.17, 15) is 14.4 Å². The number of benzene rings is 2. The van der Waals surface area contributed by atoms with E-state index in [0.717, 1.165) is 10.5 Å². The molecule has 1 heterocycles. The Morgan fingerprint density at radius 3 is 2.29 bits per heavy atom. The molecule has 0 N–H and O–H groups in total. The lowest BCUT2D eigenvalue weighted by Gasteiger charge is -2.13. The Labute approximate surface area is 143 Å². The molecule has 1 aliphatic rings. The first kappa shape index (κ1) is 16.2. The largest absolute Gasteiger partial charge is 0.461 e. The summed E-state index contributed by atoms with van der Waals surface area (Å²) in [6.45, 7) is 0.0994. The third kappa shape index (κ3) is 3.31. The second-order valence-corrected chi connectivity index (χ2v) is 5.78. The van der Waals surface area contributed by atoms with Gasteiger partial charge in [-0.2, -0.15) is 0 Å². The number of ether oxygens (including phenoxy) is 1. The minimum absolute atomic E-state index is 0.000720. The zero-order valence-electron chi connectivity index (χ0n) is 12.7. The van der Waals surface area contributed by atoms with E-state index >= 15 is 0 Å². The molecule has 0 radical (unpaired) electrons. The van der Waals surface area contributed by atoms with Gasteiger partial charge in [0, 0.05) is 11.6 Å². The van der Waals surface area contributed by atoms with Crippen LogP contribution < -0.4 is 0 Å². The fourth-order valence-corrected chi connectivity index (χ4v) is 2.72. The fraction of sp³-hybridized carbons (Fsp3) is 0.167. The highest BCUT2D eigenvalue weighted by molar-refractivity contribution is 6.30. The lowest BCUT2D eigenvalue weighted by Crippen LogP contribution is -2.32. The molecular formula is C18H14ClNO4. The second kappa shape index (κ2) is 6.84. The van der Waals surface area contributed by atoms with Crippen LogP contribution in [-0.4, -0.2) is 29.2 Å². The molecule has 0 aliphatic carbocycles. The van der Waals surface area contributed by atoms with Gasteiger partial charge in [-0.05, 0) is 29.8 Å². The zero-order valence-corrected chi connectivity index (χ0v) is 13.5. The maximum atomic E-state index is 12.2. The third-order valence-electron chi connectivity index (χ3n) is 3.71. The van der Waals surface area contributed by atoms with Crippen LogP contribution in [0.1, 0.15) is 32.7 Å². The maximum absolute atomic E-state index is 12.2. The quantitative estimate of drug-likeness (QED) is 0.618. The molecule has 0 unspecified atom stereocenters. The van der Waals surface area contributed by atoms with Gasteiger partial charge in [-0.15, -0.1) is 0 Å². The van der Waals surface area contributed by atoms with E-state index in [2.05, 4.69) is 0 Å². The number of esters is 1. The van der Waals surface area contributed by atoms with Crippen LogP contribution in [0.5, 0.6) is 0 Å². The summed E-state index contributed by atoms with van der Waals surface area (Å²) in [5, 5.41) is 0.564. The van der Waals surface area contributed by atoms with Crippen LogP contribution in [0.3, 0.4) is 0 Å². The Hall–Kier alpha value is -2.66. The van der Waals surface area contributed by atoms with Gasteiger partial charge in [0.1, 0.15) is 6.61 Å². The van der Waals surface area contributed by atoms with Crippen molar-refractivity contribution in [1.29, 1.82) is 0 Å². The van der Waals surface area contributed by atoms with Crippen LogP contribution in [-0.2, 0) is 16.1 Å². The molecule has 2 aromatic carbocycles. The van der Waals surface area contributed by atoms with Crippen LogP contribution in [0.4, 0.5) is 0 Å². The van der Waals surface area contributed by atoms with E-state index in [1.165, 1.54) is 0 Å². The monoisotopic (exact) mass is 343 g/mol. The average molecular weight is 344 g/mol. The van der Waals surface area contributed by atoms with Gasteiger partial charge >= 0.3 is 5.97 Å². The number of fused-ring (bicyclic) bond motifs is 1. The van der Waals surface area contributed by atoms with Crippen molar-refractivity contribution in [2.45, 2.75) is 13.0 Å². The number of carbonyl (C=O) groups is 3. The molecule has 0 saturated carbocycles. The van der Waals surface area contributed by atoms with Gasteiger partial charge in [0.2, 0.25) is 0 Å². The molecular weight excluding hydrogens is 330 g/mol. The molecule has 0 fully saturated rings. The Balaban J connectivity index is 1.54. The lowest BCUT2D eigenvalue weighted by molar-refractivity contribution is -0.145. The van der Waals surface area contributed by atoms with Crippen LogP contribution in [0.25, 0.3) is 0 Å². The van der Waals surface area contributed by atoms with E-state index in [0.29, 0.717) is 16.1 Å². The molecule has 1 aliphatic heterocycles. The minimum Gasteiger partial charge on any atom is -0.461 e. The fourth-order valence-electron chi connectivity index (χ4n) is 2.51. The first-order chi connectivity index (χ1) is 11.6. The Morgan fingerprint density at radius 1 is 1.00 bits per heavy atom. The van der Waals surface area contributed by atoms with Crippen molar-refractivity contribution in [3.8, 4) is 0 Å². The van der Waals surface area contributed by atoms with Gasteiger partial charge in [-0.1, -0.05) is 35.9 Å². The van der Waals surface area contributed by atoms with Crippen molar-refractivity contribution >= 4 is 29.4 Å². The first-order valence-corrected chi connectivity index (χ1v) is 7.79. The van der Waals surface area contributed by atoms with Crippen molar-refractivity contribution in [1.82, 2.24) is 4.90 Å². The lowest BCUT2D eigenvalue weighted by atomic mass is 10.1. The van der Waals surface area contributed by atoms with E-state index in [4.69, 9.17) is 16.3 Å². The number of carbonyl (C=O) groups excluding carboxylic acids is 3. The van der Waals surface area contributed by atoms with Crippen molar-refractivity contribution in [2.24, 2.45) is 0 Å². The van der Waals surface area contributed by atoms with E-state index in [1.54, 1.807) is 48.5 Å². The first-order valence-electron chi connectivity index (χ1n) is 7.41. The van der Waals surface area contributed by atoms with Crippen molar-refractivity contribution in [3.63, 3.8) is 0 Å². The topological polar surface area (TPSA) is 63.7 Å². The molecule has 24 heavy (non-hydrogen) atoms. The highest BCUT2D eigenvalue weighted by Gasteiger charge is 2.35. The summed E-state index contributed by atoms with van der Waals surface area (Å²) in [4.78, 5) is 37.3. The number of nitrogens with zero attached hydrogens (tertiary/aromatic N) is 1. The molecule has 0 atom stereocenters. The summed E-state index contributed by atoms with van der Waals surface area (Å²) in [6, 6.07) is 13.6. The average Bonchev–Trinajstić information content (AvgIpc) is 2.83. The van der Waals surface area contributed by atoms with Gasteiger partial charge < -0.3 is 4.74 Å². The Kier molecular flexibility index (Phi) is 4.62. The third-order valence-corrected chi connectivity index (χ3v) is 3.94. The molecule has 3 rings (SSSR count). The smallest absolute Gasteiger partial charge is 0.307 e. The van der Waals surface area contributed by atoms with Gasteiger partial charge in [0.15, 0.2) is 0 Å². The predicted molar refractivity (Wildman–Crippen MR) is 87.7 cm³/mol. The molecule has 2 amide bonds. The summed E-state index contributed by atoms with van der Waals surface area (Å²) >= 11 is 5.86. The summed E-state index contributed by atoms with van der Waals surface area (Å²) in [7, 11) is 0. The van der Waals surface area contributed by atoms with Crippen LogP contribution in [0.2, 0.25) is 5.02 Å². The number of hydrogen-bond acceptors (Lipinski definition) is 4. The highest BCUT2D eigenvalue weighted by atomic mass is 35.5. The Morgan fingerprint density at radius 2 is 1.67 bits per heavy atom. The summed E-state index contributed by atoms with van der Waals surface area (Å²) < 4.78 is 5.14. The second-order valence-electron chi connectivity index (χ2n) is 5.35. The van der Waals surface area contributed by atoms with Crippen molar-refractivity contribution in [3.05, 3.63) is 70.2 Å². The van der Waals surface area contributed by atoms with Crippen LogP contribution >= 0.6 is 11.6 Å². The predicted octanol–water partition coefficient (Wildman–Crippen LogP) is 3.07. The van der Waals surface area contributed by atoms with E-state index in [-0.39, 0.29) is 31.4 Å². The standard InChI is InChI=1S/C18H14ClNO4/c19-13-5-3-4-12(10-13)11-24-16(21)8-9-20-17(22)14-6-1-2-7-15(14)18(20)23/h1-7,10H,8-9,11H2. The van der Waals surface area contributed by atoms with Gasteiger partial charge in [0.05, 0.1) is 17.5 Å². The van der Waals surface area contributed by atoms with Crippen LogP contribution in [0.15, 0.2) is 48.5 Å². The van der Waals surface area contributed by atoms with Gasteiger partial charge in [-0.25, -0.2) is 0 Å². The normalized spacial score (nSPS) is 13.1. The van der Waals surface area contributed by atoms with Gasteiger partial charge in [-0.3, -0.25) is 19.3 Å². The van der Waals surface area contributed by atoms with E-state index < -0.39 is 5.97 Å². The summed E-state index contributed by atoms with van der Waals surface area (Å²) in [6.07, 6.45) is -0.0496.